The number of benzene rings is 1. The second-order valence-electron chi connectivity index (χ2n) is 5.87. The van der Waals surface area contributed by atoms with Gasteiger partial charge in [0.05, 0.1) is 18.8 Å². The maximum Gasteiger partial charge on any atom is 0.128 e. The number of fused-ring (bicyclic) bond motifs is 1. The minimum Gasteiger partial charge on any atom is -0.493 e. The van der Waals surface area contributed by atoms with Gasteiger partial charge in [-0.15, -0.1) is 0 Å². The number of aliphatic hydroxyl groups excluding tert-OH is 1. The quantitative estimate of drug-likeness (QED) is 0.916. The van der Waals surface area contributed by atoms with Crippen molar-refractivity contribution in [1.29, 1.82) is 0 Å². The lowest BCUT2D eigenvalue weighted by Crippen LogP contribution is -2.20. The van der Waals surface area contributed by atoms with Crippen molar-refractivity contribution in [2.75, 3.05) is 13.2 Å². The number of hydrogen-bond donors (Lipinski definition) is 1. The summed E-state index contributed by atoms with van der Waals surface area (Å²) in [6, 6.07) is 6.13. The van der Waals surface area contributed by atoms with Gasteiger partial charge in [-0.25, -0.2) is 0 Å². The summed E-state index contributed by atoms with van der Waals surface area (Å²) in [5.74, 6) is 0.927. The van der Waals surface area contributed by atoms with Gasteiger partial charge in [-0.1, -0.05) is 18.2 Å². The lowest BCUT2D eigenvalue weighted by Gasteiger charge is -2.25. The summed E-state index contributed by atoms with van der Waals surface area (Å²) in [4.78, 5) is 0. The van der Waals surface area contributed by atoms with Crippen molar-refractivity contribution in [3.8, 4) is 5.75 Å². The Labute approximate surface area is 120 Å². The van der Waals surface area contributed by atoms with Crippen LogP contribution in [0.25, 0.3) is 0 Å². The summed E-state index contributed by atoms with van der Waals surface area (Å²) in [6.45, 7) is 1.65. The first-order valence-corrected chi connectivity index (χ1v) is 7.89. The molecule has 3 nitrogen and oxygen atoms in total. The Bertz CT molecular complexity index is 438. The van der Waals surface area contributed by atoms with Crippen LogP contribution in [-0.2, 0) is 11.2 Å². The minimum atomic E-state index is -0.437. The maximum atomic E-state index is 10.5. The fourth-order valence-electron chi connectivity index (χ4n) is 3.21. The van der Waals surface area contributed by atoms with Crippen LogP contribution in [0, 0.1) is 0 Å². The van der Waals surface area contributed by atoms with Crippen LogP contribution in [0.5, 0.6) is 5.75 Å². The number of ether oxygens (including phenoxy) is 2. The average Bonchev–Trinajstić information content (AvgIpc) is 2.53. The van der Waals surface area contributed by atoms with E-state index in [1.54, 1.807) is 0 Å². The number of aryl methyl sites for hydroxylation is 1. The zero-order chi connectivity index (χ0) is 13.8. The monoisotopic (exact) mass is 276 g/mol. The zero-order valence-electron chi connectivity index (χ0n) is 12.0. The van der Waals surface area contributed by atoms with E-state index in [9.17, 15) is 5.11 Å². The van der Waals surface area contributed by atoms with Crippen molar-refractivity contribution >= 4 is 0 Å². The molecule has 1 saturated heterocycles. The van der Waals surface area contributed by atoms with Crippen LogP contribution in [0.15, 0.2) is 18.2 Å². The SMILES string of the molecule is OC(CCC1CCCCO1)c1cccc2c1OCCC2. The van der Waals surface area contributed by atoms with Crippen LogP contribution in [0.3, 0.4) is 0 Å². The second kappa shape index (κ2) is 6.59. The van der Waals surface area contributed by atoms with Gasteiger partial charge in [-0.05, 0) is 50.5 Å². The van der Waals surface area contributed by atoms with Gasteiger partial charge in [0, 0.05) is 12.2 Å². The van der Waals surface area contributed by atoms with E-state index < -0.39 is 6.10 Å². The molecule has 3 heteroatoms. The minimum absolute atomic E-state index is 0.332. The van der Waals surface area contributed by atoms with Crippen LogP contribution in [0.4, 0.5) is 0 Å². The van der Waals surface area contributed by atoms with E-state index in [0.717, 1.165) is 56.6 Å². The van der Waals surface area contributed by atoms with E-state index in [2.05, 4.69) is 6.07 Å². The van der Waals surface area contributed by atoms with E-state index >= 15 is 0 Å². The number of hydrogen-bond acceptors (Lipinski definition) is 3. The molecule has 2 heterocycles. The maximum absolute atomic E-state index is 10.5. The Kier molecular flexibility index (Phi) is 4.58. The molecule has 1 fully saturated rings. The van der Waals surface area contributed by atoms with E-state index in [4.69, 9.17) is 9.47 Å². The highest BCUT2D eigenvalue weighted by Crippen LogP contribution is 2.35. The third-order valence-corrected chi connectivity index (χ3v) is 4.36. The molecule has 0 aromatic heterocycles. The van der Waals surface area contributed by atoms with Crippen LogP contribution >= 0.6 is 0 Å². The van der Waals surface area contributed by atoms with E-state index in [1.165, 1.54) is 18.4 Å². The molecule has 110 valence electrons. The van der Waals surface area contributed by atoms with Gasteiger partial charge in [-0.3, -0.25) is 0 Å². The van der Waals surface area contributed by atoms with Gasteiger partial charge in [-0.2, -0.15) is 0 Å². The molecule has 1 aromatic carbocycles. The predicted octanol–water partition coefficient (Wildman–Crippen LogP) is 3.39. The molecule has 2 aliphatic heterocycles. The zero-order valence-corrected chi connectivity index (χ0v) is 12.0. The average molecular weight is 276 g/mol. The van der Waals surface area contributed by atoms with Crippen molar-refractivity contribution in [3.05, 3.63) is 29.3 Å². The topological polar surface area (TPSA) is 38.7 Å². The summed E-state index contributed by atoms with van der Waals surface area (Å²) < 4.78 is 11.5. The summed E-state index contributed by atoms with van der Waals surface area (Å²) in [6.07, 6.45) is 7.28. The standard InChI is InChI=1S/C17H24O3/c18-16(10-9-14-7-1-2-11-19-14)15-8-3-5-13-6-4-12-20-17(13)15/h3,5,8,14,16,18H,1-2,4,6-7,9-12H2. The fourth-order valence-corrected chi connectivity index (χ4v) is 3.21. The van der Waals surface area contributed by atoms with Crippen molar-refractivity contribution < 1.29 is 14.6 Å². The number of para-hydroxylation sites is 1. The van der Waals surface area contributed by atoms with Gasteiger partial charge in [0.25, 0.3) is 0 Å². The summed E-state index contributed by atoms with van der Waals surface area (Å²) in [5, 5.41) is 10.5. The van der Waals surface area contributed by atoms with Crippen molar-refractivity contribution in [3.63, 3.8) is 0 Å². The van der Waals surface area contributed by atoms with Gasteiger partial charge in [0.15, 0.2) is 0 Å². The lowest BCUT2D eigenvalue weighted by molar-refractivity contribution is 0.00192. The Morgan fingerprint density at radius 3 is 3.00 bits per heavy atom. The third kappa shape index (κ3) is 3.15. The highest BCUT2D eigenvalue weighted by atomic mass is 16.5. The smallest absolute Gasteiger partial charge is 0.128 e. The molecule has 0 amide bonds. The van der Waals surface area contributed by atoms with Crippen molar-refractivity contribution in [1.82, 2.24) is 0 Å². The molecule has 0 spiro atoms. The van der Waals surface area contributed by atoms with Gasteiger partial charge in [0.2, 0.25) is 0 Å². The van der Waals surface area contributed by atoms with Gasteiger partial charge >= 0.3 is 0 Å². The summed E-state index contributed by atoms with van der Waals surface area (Å²) >= 11 is 0. The molecule has 3 rings (SSSR count). The molecule has 0 radical (unpaired) electrons. The Morgan fingerprint density at radius 1 is 1.20 bits per heavy atom. The second-order valence-corrected chi connectivity index (χ2v) is 5.87. The van der Waals surface area contributed by atoms with E-state index in [0.29, 0.717) is 6.10 Å². The first-order chi connectivity index (χ1) is 9.84. The van der Waals surface area contributed by atoms with E-state index in [1.807, 2.05) is 12.1 Å². The fraction of sp³-hybridized carbons (Fsp3) is 0.647. The molecule has 1 N–H and O–H groups in total. The van der Waals surface area contributed by atoms with E-state index in [-0.39, 0.29) is 0 Å². The molecule has 2 unspecified atom stereocenters. The molecular formula is C17H24O3. The Balaban J connectivity index is 1.63. The Morgan fingerprint density at radius 2 is 2.15 bits per heavy atom. The summed E-state index contributed by atoms with van der Waals surface area (Å²) in [5.41, 5.74) is 2.19. The summed E-state index contributed by atoms with van der Waals surface area (Å²) in [7, 11) is 0. The van der Waals surface area contributed by atoms with Gasteiger partial charge in [0.1, 0.15) is 5.75 Å². The molecule has 0 saturated carbocycles. The van der Waals surface area contributed by atoms with Crippen LogP contribution in [0.2, 0.25) is 0 Å². The van der Waals surface area contributed by atoms with Crippen molar-refractivity contribution in [2.45, 2.75) is 57.2 Å². The van der Waals surface area contributed by atoms with Crippen LogP contribution < -0.4 is 4.74 Å². The van der Waals surface area contributed by atoms with Crippen molar-refractivity contribution in [2.24, 2.45) is 0 Å². The first kappa shape index (κ1) is 13.9. The molecule has 2 atom stereocenters. The molecule has 0 bridgehead atoms. The van der Waals surface area contributed by atoms with Gasteiger partial charge < -0.3 is 14.6 Å². The molecular weight excluding hydrogens is 252 g/mol. The molecule has 0 aliphatic carbocycles. The normalized spacial score (nSPS) is 23.8. The molecule has 20 heavy (non-hydrogen) atoms. The lowest BCUT2D eigenvalue weighted by atomic mass is 9.95. The first-order valence-electron chi connectivity index (χ1n) is 7.89. The third-order valence-electron chi connectivity index (χ3n) is 4.36. The largest absolute Gasteiger partial charge is 0.493 e. The highest BCUT2D eigenvalue weighted by Gasteiger charge is 2.21. The van der Waals surface area contributed by atoms with Crippen LogP contribution in [-0.4, -0.2) is 24.4 Å². The number of aliphatic hydroxyl groups is 1. The highest BCUT2D eigenvalue weighted by molar-refractivity contribution is 5.43. The Hall–Kier alpha value is -1.06. The number of rotatable bonds is 4. The molecule has 2 aliphatic rings. The van der Waals surface area contributed by atoms with Crippen LogP contribution in [0.1, 0.15) is 55.8 Å². The predicted molar refractivity (Wildman–Crippen MR) is 78.0 cm³/mol. The molecule has 1 aromatic rings.